The number of fused-ring (bicyclic) bond motifs is 1. The van der Waals surface area contributed by atoms with Crippen molar-refractivity contribution in [3.05, 3.63) is 93.0 Å². The first-order valence-electron chi connectivity index (χ1n) is 9.01. The molecule has 0 unspecified atom stereocenters. The summed E-state index contributed by atoms with van der Waals surface area (Å²) in [5.74, 6) is -0.799. The molecule has 0 amide bonds. The van der Waals surface area contributed by atoms with E-state index in [1.165, 1.54) is 35.9 Å². The van der Waals surface area contributed by atoms with Crippen LogP contribution in [-0.2, 0) is 20.6 Å². The summed E-state index contributed by atoms with van der Waals surface area (Å²) in [6, 6.07) is 14.5. The van der Waals surface area contributed by atoms with Gasteiger partial charge in [0.2, 0.25) is 0 Å². The molecule has 4 aromatic rings. The van der Waals surface area contributed by atoms with Crippen molar-refractivity contribution in [3.63, 3.8) is 0 Å². The highest BCUT2D eigenvalue weighted by atomic mass is 19.1. The summed E-state index contributed by atoms with van der Waals surface area (Å²) in [7, 11) is 3.12. The Morgan fingerprint density at radius 3 is 2.24 bits per heavy atom. The number of benzene rings is 2. The van der Waals surface area contributed by atoms with Crippen molar-refractivity contribution in [1.29, 1.82) is 0 Å². The van der Waals surface area contributed by atoms with Gasteiger partial charge >= 0.3 is 5.69 Å². The number of hydrogen-bond acceptors (Lipinski definition) is 3. The Bertz CT molecular complexity index is 1350. The molecule has 7 heteroatoms. The van der Waals surface area contributed by atoms with E-state index in [9.17, 15) is 18.8 Å². The third kappa shape index (κ3) is 3.10. The number of Topliss-reactive ketones (excluding diaryl/α,β-unsaturated/α-hetero) is 1. The van der Waals surface area contributed by atoms with E-state index in [0.29, 0.717) is 16.6 Å². The minimum absolute atomic E-state index is 0.265. The smallest absolute Gasteiger partial charge is 0.331 e. The Morgan fingerprint density at radius 1 is 0.931 bits per heavy atom. The fraction of sp³-hybridized carbons (Fsp3) is 0.136. The van der Waals surface area contributed by atoms with Gasteiger partial charge in [0, 0.05) is 31.4 Å². The summed E-state index contributed by atoms with van der Waals surface area (Å²) in [5, 5.41) is 0. The Balaban J connectivity index is 1.97. The average molecular weight is 391 g/mol. The van der Waals surface area contributed by atoms with Crippen LogP contribution in [0.3, 0.4) is 0 Å². The number of hydrogen-bond donors (Lipinski definition) is 0. The number of aromatic nitrogens is 3. The van der Waals surface area contributed by atoms with Crippen LogP contribution in [0.4, 0.5) is 4.39 Å². The van der Waals surface area contributed by atoms with Crippen molar-refractivity contribution in [3.8, 4) is 11.1 Å². The van der Waals surface area contributed by atoms with Crippen molar-refractivity contribution in [2.45, 2.75) is 6.54 Å². The molecular weight excluding hydrogens is 373 g/mol. The van der Waals surface area contributed by atoms with Gasteiger partial charge < -0.3 is 4.57 Å². The van der Waals surface area contributed by atoms with Gasteiger partial charge in [-0.1, -0.05) is 30.3 Å². The SMILES string of the molecule is Cn1c(=O)c2c(c(-c3ccccc3)cn2C)n(CC(=O)c2ccc(F)cc2)c1=O. The highest BCUT2D eigenvalue weighted by Gasteiger charge is 2.21. The molecule has 0 saturated carbocycles. The monoisotopic (exact) mass is 391 g/mol. The number of rotatable bonds is 4. The van der Waals surface area contributed by atoms with Crippen LogP contribution in [0.2, 0.25) is 0 Å². The Kier molecular flexibility index (Phi) is 4.50. The molecule has 0 bridgehead atoms. The molecule has 4 rings (SSSR count). The summed E-state index contributed by atoms with van der Waals surface area (Å²) in [4.78, 5) is 38.5. The van der Waals surface area contributed by atoms with Gasteiger partial charge in [-0.3, -0.25) is 18.7 Å². The summed E-state index contributed by atoms with van der Waals surface area (Å²) >= 11 is 0. The molecule has 0 N–H and O–H groups in total. The standard InChI is InChI=1S/C22H18FN3O3/c1-24-12-17(14-6-4-3-5-7-14)19-20(24)21(28)25(2)22(29)26(19)13-18(27)15-8-10-16(23)11-9-15/h3-12H,13H2,1-2H3. The normalized spacial score (nSPS) is 11.1. The van der Waals surface area contributed by atoms with E-state index >= 15 is 0 Å². The van der Waals surface area contributed by atoms with Gasteiger partial charge in [0.15, 0.2) is 5.78 Å². The Hall–Kier alpha value is -3.74. The lowest BCUT2D eigenvalue weighted by atomic mass is 10.1. The van der Waals surface area contributed by atoms with E-state index in [4.69, 9.17) is 0 Å². The van der Waals surface area contributed by atoms with Crippen LogP contribution in [0.1, 0.15) is 10.4 Å². The van der Waals surface area contributed by atoms with Crippen molar-refractivity contribution in [2.24, 2.45) is 14.1 Å². The molecule has 0 atom stereocenters. The molecule has 0 fully saturated rings. The van der Waals surface area contributed by atoms with Crippen LogP contribution in [0.25, 0.3) is 22.2 Å². The summed E-state index contributed by atoms with van der Waals surface area (Å²) in [6.07, 6.45) is 1.78. The maximum absolute atomic E-state index is 13.2. The van der Waals surface area contributed by atoms with Crippen LogP contribution in [0.15, 0.2) is 70.4 Å². The van der Waals surface area contributed by atoms with Gasteiger partial charge in [-0.25, -0.2) is 9.18 Å². The lowest BCUT2D eigenvalue weighted by Crippen LogP contribution is -2.39. The van der Waals surface area contributed by atoms with E-state index in [2.05, 4.69) is 0 Å². The summed E-state index contributed by atoms with van der Waals surface area (Å²) in [6.45, 7) is -0.265. The zero-order valence-electron chi connectivity index (χ0n) is 15.9. The average Bonchev–Trinajstić information content (AvgIpc) is 3.07. The number of nitrogens with zero attached hydrogens (tertiary/aromatic N) is 3. The van der Waals surface area contributed by atoms with E-state index in [-0.39, 0.29) is 17.9 Å². The molecular formula is C22H18FN3O3. The van der Waals surface area contributed by atoms with Gasteiger partial charge in [-0.2, -0.15) is 0 Å². The molecule has 2 aromatic carbocycles. The van der Waals surface area contributed by atoms with Gasteiger partial charge in [0.25, 0.3) is 5.56 Å². The third-order valence-electron chi connectivity index (χ3n) is 5.00. The summed E-state index contributed by atoms with van der Waals surface area (Å²) in [5.41, 5.74) is 1.53. The first kappa shape index (κ1) is 18.6. The lowest BCUT2D eigenvalue weighted by Gasteiger charge is -2.11. The second-order valence-electron chi connectivity index (χ2n) is 6.88. The maximum atomic E-state index is 13.2. The predicted octanol–water partition coefficient (Wildman–Crippen LogP) is 2.73. The van der Waals surface area contributed by atoms with E-state index in [0.717, 1.165) is 10.1 Å². The lowest BCUT2D eigenvalue weighted by molar-refractivity contribution is 0.0971. The molecule has 146 valence electrons. The summed E-state index contributed by atoms with van der Waals surface area (Å²) < 4.78 is 17.2. The second-order valence-corrected chi connectivity index (χ2v) is 6.88. The zero-order chi connectivity index (χ0) is 20.7. The third-order valence-corrected chi connectivity index (χ3v) is 5.00. The minimum Gasteiger partial charge on any atom is -0.344 e. The van der Waals surface area contributed by atoms with Crippen LogP contribution < -0.4 is 11.2 Å². The molecule has 0 saturated heterocycles. The molecule has 2 heterocycles. The van der Waals surface area contributed by atoms with E-state index in [1.54, 1.807) is 17.8 Å². The molecule has 0 spiro atoms. The number of ketones is 1. The second kappa shape index (κ2) is 7.01. The van der Waals surface area contributed by atoms with E-state index < -0.39 is 17.1 Å². The zero-order valence-corrected chi connectivity index (χ0v) is 15.9. The molecule has 0 radical (unpaired) electrons. The quantitative estimate of drug-likeness (QED) is 0.503. The number of carbonyl (C=O) groups is 1. The molecule has 0 aliphatic rings. The minimum atomic E-state index is -0.582. The fourth-order valence-corrected chi connectivity index (χ4v) is 3.51. The van der Waals surface area contributed by atoms with Gasteiger partial charge in [-0.15, -0.1) is 0 Å². The first-order chi connectivity index (χ1) is 13.9. The molecule has 2 aromatic heterocycles. The van der Waals surface area contributed by atoms with Crippen molar-refractivity contribution < 1.29 is 9.18 Å². The Labute approximate surface area is 165 Å². The Morgan fingerprint density at radius 2 is 1.59 bits per heavy atom. The number of aryl methyl sites for hydroxylation is 1. The molecule has 6 nitrogen and oxygen atoms in total. The van der Waals surface area contributed by atoms with Crippen LogP contribution in [0.5, 0.6) is 0 Å². The largest absolute Gasteiger partial charge is 0.344 e. The number of carbonyl (C=O) groups excluding carboxylic acids is 1. The van der Waals surface area contributed by atoms with Crippen LogP contribution in [0, 0.1) is 5.82 Å². The van der Waals surface area contributed by atoms with Gasteiger partial charge in [0.05, 0.1) is 12.1 Å². The van der Waals surface area contributed by atoms with Gasteiger partial charge in [-0.05, 0) is 29.8 Å². The van der Waals surface area contributed by atoms with Crippen molar-refractivity contribution >= 4 is 16.8 Å². The fourth-order valence-electron chi connectivity index (χ4n) is 3.51. The maximum Gasteiger partial charge on any atom is 0.331 e. The van der Waals surface area contributed by atoms with E-state index in [1.807, 2.05) is 30.3 Å². The predicted molar refractivity (Wildman–Crippen MR) is 109 cm³/mol. The topological polar surface area (TPSA) is 66.0 Å². The van der Waals surface area contributed by atoms with Crippen LogP contribution in [-0.4, -0.2) is 19.5 Å². The van der Waals surface area contributed by atoms with Gasteiger partial charge in [0.1, 0.15) is 11.3 Å². The van der Waals surface area contributed by atoms with Crippen LogP contribution >= 0.6 is 0 Å². The molecule has 0 aliphatic carbocycles. The molecule has 29 heavy (non-hydrogen) atoms. The van der Waals surface area contributed by atoms with Crippen molar-refractivity contribution in [2.75, 3.05) is 0 Å². The van der Waals surface area contributed by atoms with Crippen molar-refractivity contribution in [1.82, 2.24) is 13.7 Å². The molecule has 0 aliphatic heterocycles. The first-order valence-corrected chi connectivity index (χ1v) is 9.01. The number of halogens is 1. The highest BCUT2D eigenvalue weighted by molar-refractivity contribution is 5.98. The highest BCUT2D eigenvalue weighted by Crippen LogP contribution is 2.28.